The van der Waals surface area contributed by atoms with Crippen LogP contribution in [0, 0.1) is 19.3 Å². The molecule has 0 aromatic heterocycles. The molecule has 0 aliphatic carbocycles. The lowest BCUT2D eigenvalue weighted by atomic mass is 9.78. The van der Waals surface area contributed by atoms with E-state index in [1.54, 1.807) is 0 Å². The summed E-state index contributed by atoms with van der Waals surface area (Å²) in [4.78, 5) is 23.7. The van der Waals surface area contributed by atoms with Crippen LogP contribution in [0.15, 0.2) is 12.1 Å². The molecule has 0 fully saturated rings. The number of thiol groups is 1. The van der Waals surface area contributed by atoms with Gasteiger partial charge in [-0.05, 0) is 51.8 Å². The van der Waals surface area contributed by atoms with Crippen molar-refractivity contribution >= 4 is 23.7 Å². The van der Waals surface area contributed by atoms with Crippen molar-refractivity contribution in [2.45, 2.75) is 60.3 Å². The lowest BCUT2D eigenvalue weighted by Gasteiger charge is -2.29. The molecule has 4 heteroatoms. The Kier molecular flexibility index (Phi) is 5.50. The van der Waals surface area contributed by atoms with Crippen molar-refractivity contribution in [3.63, 3.8) is 0 Å². The number of aryl methyl sites for hydroxylation is 2. The van der Waals surface area contributed by atoms with E-state index in [4.69, 9.17) is 4.74 Å². The van der Waals surface area contributed by atoms with Gasteiger partial charge < -0.3 is 4.74 Å². The molecule has 1 aromatic rings. The Morgan fingerprint density at radius 1 is 1.09 bits per heavy atom. The van der Waals surface area contributed by atoms with Crippen molar-refractivity contribution in [1.82, 2.24) is 0 Å². The molecule has 0 heterocycles. The van der Waals surface area contributed by atoms with E-state index < -0.39 is 10.8 Å². The predicted molar refractivity (Wildman–Crippen MR) is 92.6 cm³/mol. The predicted octanol–water partition coefficient (Wildman–Crippen LogP) is 4.38. The Morgan fingerprint density at radius 2 is 1.64 bits per heavy atom. The Morgan fingerprint density at radius 3 is 2.09 bits per heavy atom. The number of rotatable bonds is 4. The quantitative estimate of drug-likeness (QED) is 0.508. The van der Waals surface area contributed by atoms with Crippen LogP contribution >= 0.6 is 12.6 Å². The lowest BCUT2D eigenvalue weighted by molar-refractivity contribution is -0.143. The van der Waals surface area contributed by atoms with E-state index in [1.807, 2.05) is 60.6 Å². The number of benzene rings is 1. The molecule has 0 N–H and O–H groups in total. The van der Waals surface area contributed by atoms with Gasteiger partial charge in [-0.2, -0.15) is 0 Å². The summed E-state index contributed by atoms with van der Waals surface area (Å²) in [6.07, 6.45) is 0.278. The molecule has 0 saturated heterocycles. The second-order valence-electron chi connectivity index (χ2n) is 7.55. The minimum absolute atomic E-state index is 0.182. The molecule has 122 valence electrons. The van der Waals surface area contributed by atoms with Gasteiger partial charge >= 0.3 is 5.97 Å². The summed E-state index contributed by atoms with van der Waals surface area (Å²) in [5, 5.41) is -0.182. The molecule has 0 aliphatic heterocycles. The Bertz CT molecular complexity index is 595. The second kappa shape index (κ2) is 6.45. The van der Waals surface area contributed by atoms with E-state index in [-0.39, 0.29) is 17.5 Å². The molecule has 1 aromatic carbocycles. The van der Waals surface area contributed by atoms with Gasteiger partial charge in [-0.3, -0.25) is 9.59 Å². The van der Waals surface area contributed by atoms with Crippen LogP contribution in [-0.4, -0.2) is 11.1 Å². The van der Waals surface area contributed by atoms with Crippen molar-refractivity contribution in [2.24, 2.45) is 5.41 Å². The normalized spacial score (nSPS) is 12.2. The zero-order valence-corrected chi connectivity index (χ0v) is 15.4. The van der Waals surface area contributed by atoms with Crippen molar-refractivity contribution in [3.8, 4) is 5.75 Å². The number of carbonyl (C=O) groups excluding carboxylic acids is 2. The average Bonchev–Trinajstić information content (AvgIpc) is 2.23. The van der Waals surface area contributed by atoms with E-state index in [9.17, 15) is 9.59 Å². The zero-order valence-electron chi connectivity index (χ0n) is 14.5. The summed E-state index contributed by atoms with van der Waals surface area (Å²) >= 11 is 3.90. The van der Waals surface area contributed by atoms with Crippen LogP contribution in [0.3, 0.4) is 0 Å². The van der Waals surface area contributed by atoms with Crippen molar-refractivity contribution in [3.05, 3.63) is 28.8 Å². The highest BCUT2D eigenvalue weighted by atomic mass is 32.1. The Labute approximate surface area is 138 Å². The molecule has 3 nitrogen and oxygen atoms in total. The first-order valence-electron chi connectivity index (χ1n) is 7.40. The Balaban J connectivity index is 3.38. The molecule has 0 spiro atoms. The first-order chi connectivity index (χ1) is 9.84. The van der Waals surface area contributed by atoms with Gasteiger partial charge in [0, 0.05) is 17.4 Å². The van der Waals surface area contributed by atoms with Crippen molar-refractivity contribution in [2.75, 3.05) is 0 Å². The SMILES string of the molecule is Cc1cc(C)c(C(C)(C)CC(=O)S)c(OC(=O)C(C)(C)C)c1. The summed E-state index contributed by atoms with van der Waals surface area (Å²) in [6.45, 7) is 13.3. The van der Waals surface area contributed by atoms with Gasteiger partial charge in [0.1, 0.15) is 5.75 Å². The number of hydrogen-bond donors (Lipinski definition) is 1. The monoisotopic (exact) mass is 322 g/mol. The highest BCUT2D eigenvalue weighted by Crippen LogP contribution is 2.39. The summed E-state index contributed by atoms with van der Waals surface area (Å²) in [5.41, 5.74) is 1.88. The first kappa shape index (κ1) is 18.8. The summed E-state index contributed by atoms with van der Waals surface area (Å²) < 4.78 is 5.66. The van der Waals surface area contributed by atoms with E-state index in [1.165, 1.54) is 0 Å². The van der Waals surface area contributed by atoms with Crippen LogP contribution in [0.4, 0.5) is 0 Å². The molecule has 0 radical (unpaired) electrons. The molecule has 0 saturated carbocycles. The number of esters is 1. The topological polar surface area (TPSA) is 43.4 Å². The highest BCUT2D eigenvalue weighted by molar-refractivity contribution is 7.96. The van der Waals surface area contributed by atoms with Gasteiger partial charge in [-0.25, -0.2) is 0 Å². The first-order valence-corrected chi connectivity index (χ1v) is 7.85. The molecule has 1 rings (SSSR count). The molecule has 22 heavy (non-hydrogen) atoms. The fraction of sp³-hybridized carbons (Fsp3) is 0.556. The van der Waals surface area contributed by atoms with Gasteiger partial charge in [0.25, 0.3) is 0 Å². The Hall–Kier alpha value is -1.29. The number of ether oxygens (including phenoxy) is 1. The smallest absolute Gasteiger partial charge is 0.316 e. The molecule has 0 unspecified atom stereocenters. The second-order valence-corrected chi connectivity index (χ2v) is 8.05. The van der Waals surface area contributed by atoms with Crippen LogP contribution < -0.4 is 4.74 Å². The zero-order chi connectivity index (χ0) is 17.3. The summed E-state index contributed by atoms with van der Waals surface area (Å²) in [7, 11) is 0. The maximum absolute atomic E-state index is 12.3. The van der Waals surface area contributed by atoms with E-state index in [0.29, 0.717) is 5.75 Å². The summed E-state index contributed by atoms with van der Waals surface area (Å²) in [6, 6.07) is 3.89. The van der Waals surface area contributed by atoms with E-state index in [0.717, 1.165) is 16.7 Å². The fourth-order valence-corrected chi connectivity index (χ4v) is 2.99. The van der Waals surface area contributed by atoms with Gasteiger partial charge in [0.05, 0.1) is 5.41 Å². The van der Waals surface area contributed by atoms with Crippen LogP contribution in [-0.2, 0) is 15.0 Å². The highest BCUT2D eigenvalue weighted by Gasteiger charge is 2.31. The van der Waals surface area contributed by atoms with E-state index in [2.05, 4.69) is 12.6 Å². The van der Waals surface area contributed by atoms with Crippen LogP contribution in [0.5, 0.6) is 5.75 Å². The molecule has 0 bridgehead atoms. The minimum atomic E-state index is -0.585. The maximum Gasteiger partial charge on any atom is 0.316 e. The van der Waals surface area contributed by atoms with Crippen molar-refractivity contribution < 1.29 is 14.3 Å². The van der Waals surface area contributed by atoms with Crippen molar-refractivity contribution in [1.29, 1.82) is 0 Å². The average molecular weight is 322 g/mol. The van der Waals surface area contributed by atoms with Crippen LogP contribution in [0.25, 0.3) is 0 Å². The maximum atomic E-state index is 12.3. The van der Waals surface area contributed by atoms with Crippen LogP contribution in [0.1, 0.15) is 57.7 Å². The minimum Gasteiger partial charge on any atom is -0.426 e. The van der Waals surface area contributed by atoms with Gasteiger partial charge in [-0.1, -0.05) is 19.9 Å². The molecule has 0 atom stereocenters. The lowest BCUT2D eigenvalue weighted by Crippen LogP contribution is -2.28. The standard InChI is InChI=1S/C18H26O3S/c1-11-8-12(2)15(18(6,7)10-14(19)22)13(9-11)21-16(20)17(3,4)5/h8-9H,10H2,1-7H3,(H,19,22). The van der Waals surface area contributed by atoms with Gasteiger partial charge in [-0.15, -0.1) is 12.6 Å². The fourth-order valence-electron chi connectivity index (χ4n) is 2.60. The molecule has 0 amide bonds. The third-order valence-corrected chi connectivity index (χ3v) is 3.69. The van der Waals surface area contributed by atoms with Gasteiger partial charge in [0.15, 0.2) is 5.12 Å². The largest absolute Gasteiger partial charge is 0.426 e. The third kappa shape index (κ3) is 4.60. The number of hydrogen-bond acceptors (Lipinski definition) is 3. The third-order valence-electron chi connectivity index (χ3n) is 3.53. The van der Waals surface area contributed by atoms with E-state index >= 15 is 0 Å². The van der Waals surface area contributed by atoms with Crippen LogP contribution in [0.2, 0.25) is 0 Å². The number of carbonyl (C=O) groups is 2. The molecular weight excluding hydrogens is 296 g/mol. The molecular formula is C18H26O3S. The van der Waals surface area contributed by atoms with Gasteiger partial charge in [0.2, 0.25) is 0 Å². The molecule has 0 aliphatic rings. The summed E-state index contributed by atoms with van der Waals surface area (Å²) in [5.74, 6) is 0.253.